The van der Waals surface area contributed by atoms with Crippen LogP contribution in [0.4, 0.5) is 0 Å². The number of rotatable bonds is 4. The molecule has 0 radical (unpaired) electrons. The molecule has 0 aliphatic carbocycles. The molecule has 1 heterocycles. The molecule has 2 rings (SSSR count). The van der Waals surface area contributed by atoms with Gasteiger partial charge in [-0.2, -0.15) is 4.98 Å². The lowest BCUT2D eigenvalue weighted by atomic mass is 9.93. The summed E-state index contributed by atoms with van der Waals surface area (Å²) in [6.07, 6.45) is 1.81. The molecule has 1 aromatic heterocycles. The molecule has 1 unspecified atom stereocenters. The third-order valence-electron chi connectivity index (χ3n) is 2.76. The largest absolute Gasteiger partial charge is 0.337 e. The maximum atomic E-state index is 6.27. The van der Waals surface area contributed by atoms with Gasteiger partial charge in [-0.1, -0.05) is 42.4 Å². The fourth-order valence-electron chi connectivity index (χ4n) is 1.70. The first kappa shape index (κ1) is 11.8. The standard InChI is InChI=1S/C13H17N3O/c1-3-7-11-15-12(17-16-11)13(2,14)10-8-5-4-6-9-10/h4-6,8-9H,3,7,14H2,1-2H3. The summed E-state index contributed by atoms with van der Waals surface area (Å²) in [6.45, 7) is 3.96. The third kappa shape index (κ3) is 2.36. The lowest BCUT2D eigenvalue weighted by molar-refractivity contribution is 0.322. The van der Waals surface area contributed by atoms with Crippen molar-refractivity contribution in [2.75, 3.05) is 0 Å². The molecule has 1 aromatic carbocycles. The maximum absolute atomic E-state index is 6.27. The monoisotopic (exact) mass is 231 g/mol. The fraction of sp³-hybridized carbons (Fsp3) is 0.385. The van der Waals surface area contributed by atoms with Crippen LogP contribution in [-0.4, -0.2) is 10.1 Å². The van der Waals surface area contributed by atoms with Crippen molar-refractivity contribution in [2.45, 2.75) is 32.2 Å². The summed E-state index contributed by atoms with van der Waals surface area (Å²) in [5, 5.41) is 3.93. The van der Waals surface area contributed by atoms with Crippen molar-refractivity contribution in [3.05, 3.63) is 47.6 Å². The Morgan fingerprint density at radius 2 is 2.00 bits per heavy atom. The van der Waals surface area contributed by atoms with E-state index in [0.717, 1.165) is 24.2 Å². The number of nitrogens with two attached hydrogens (primary N) is 1. The van der Waals surface area contributed by atoms with Crippen molar-refractivity contribution < 1.29 is 4.52 Å². The first-order valence-corrected chi connectivity index (χ1v) is 5.82. The summed E-state index contributed by atoms with van der Waals surface area (Å²) in [7, 11) is 0. The van der Waals surface area contributed by atoms with Gasteiger partial charge in [-0.3, -0.25) is 0 Å². The van der Waals surface area contributed by atoms with Crippen LogP contribution in [0, 0.1) is 0 Å². The van der Waals surface area contributed by atoms with Gasteiger partial charge >= 0.3 is 0 Å². The fourth-order valence-corrected chi connectivity index (χ4v) is 1.70. The number of aryl methyl sites for hydroxylation is 1. The first-order valence-electron chi connectivity index (χ1n) is 5.82. The molecule has 4 nitrogen and oxygen atoms in total. The second kappa shape index (κ2) is 4.67. The number of benzene rings is 1. The first-order chi connectivity index (χ1) is 8.14. The van der Waals surface area contributed by atoms with Crippen LogP contribution in [0.5, 0.6) is 0 Å². The molecule has 0 saturated heterocycles. The Bertz CT molecular complexity index is 476. The van der Waals surface area contributed by atoms with E-state index in [0.29, 0.717) is 5.89 Å². The minimum atomic E-state index is -0.736. The summed E-state index contributed by atoms with van der Waals surface area (Å²) >= 11 is 0. The topological polar surface area (TPSA) is 64.9 Å². The van der Waals surface area contributed by atoms with Crippen LogP contribution in [0.15, 0.2) is 34.9 Å². The highest BCUT2D eigenvalue weighted by Crippen LogP contribution is 2.24. The highest BCUT2D eigenvalue weighted by Gasteiger charge is 2.30. The zero-order valence-corrected chi connectivity index (χ0v) is 10.2. The number of hydrogen-bond donors (Lipinski definition) is 1. The molecule has 2 aromatic rings. The van der Waals surface area contributed by atoms with Crippen molar-refractivity contribution in [1.82, 2.24) is 10.1 Å². The average Bonchev–Trinajstić information content (AvgIpc) is 2.80. The summed E-state index contributed by atoms with van der Waals surface area (Å²) in [6, 6.07) is 9.77. The Labute approximate surface area is 101 Å². The average molecular weight is 231 g/mol. The maximum Gasteiger partial charge on any atom is 0.251 e. The van der Waals surface area contributed by atoms with Gasteiger partial charge in [0.15, 0.2) is 5.82 Å². The number of hydrogen-bond acceptors (Lipinski definition) is 4. The quantitative estimate of drug-likeness (QED) is 0.876. The zero-order chi connectivity index (χ0) is 12.3. The van der Waals surface area contributed by atoms with Crippen LogP contribution >= 0.6 is 0 Å². The highest BCUT2D eigenvalue weighted by atomic mass is 16.5. The van der Waals surface area contributed by atoms with Gasteiger partial charge in [-0.05, 0) is 18.9 Å². The van der Waals surface area contributed by atoms with Crippen molar-refractivity contribution in [3.63, 3.8) is 0 Å². The molecule has 90 valence electrons. The van der Waals surface area contributed by atoms with E-state index in [9.17, 15) is 0 Å². The summed E-state index contributed by atoms with van der Waals surface area (Å²) in [5.41, 5.74) is 6.50. The van der Waals surface area contributed by atoms with Crippen LogP contribution in [0.25, 0.3) is 0 Å². The molecule has 0 bridgehead atoms. The molecule has 17 heavy (non-hydrogen) atoms. The van der Waals surface area contributed by atoms with Gasteiger partial charge in [0.25, 0.3) is 5.89 Å². The van der Waals surface area contributed by atoms with E-state index in [1.807, 2.05) is 37.3 Å². The molecule has 0 amide bonds. The highest BCUT2D eigenvalue weighted by molar-refractivity contribution is 5.28. The van der Waals surface area contributed by atoms with Crippen molar-refractivity contribution >= 4 is 0 Å². The van der Waals surface area contributed by atoms with Crippen molar-refractivity contribution in [1.29, 1.82) is 0 Å². The predicted octanol–water partition coefficient (Wildman–Crippen LogP) is 2.24. The predicted molar refractivity (Wildman–Crippen MR) is 65.4 cm³/mol. The minimum absolute atomic E-state index is 0.465. The molecule has 1 atom stereocenters. The van der Waals surface area contributed by atoms with Crippen molar-refractivity contribution in [2.24, 2.45) is 5.73 Å². The van der Waals surface area contributed by atoms with Crippen LogP contribution in [0.2, 0.25) is 0 Å². The van der Waals surface area contributed by atoms with E-state index in [2.05, 4.69) is 17.1 Å². The molecule has 0 spiro atoms. The Morgan fingerprint density at radius 3 is 2.65 bits per heavy atom. The van der Waals surface area contributed by atoms with E-state index < -0.39 is 5.54 Å². The van der Waals surface area contributed by atoms with Crippen LogP contribution in [0.3, 0.4) is 0 Å². The lowest BCUT2D eigenvalue weighted by Gasteiger charge is -2.20. The summed E-state index contributed by atoms with van der Waals surface area (Å²) in [4.78, 5) is 4.35. The van der Waals surface area contributed by atoms with E-state index in [1.54, 1.807) is 0 Å². The van der Waals surface area contributed by atoms with Gasteiger partial charge < -0.3 is 10.3 Å². The lowest BCUT2D eigenvalue weighted by Crippen LogP contribution is -2.34. The van der Waals surface area contributed by atoms with Gasteiger partial charge in [0.2, 0.25) is 0 Å². The van der Waals surface area contributed by atoms with Crippen LogP contribution in [0.1, 0.15) is 37.5 Å². The smallest absolute Gasteiger partial charge is 0.251 e. The Hall–Kier alpha value is -1.68. The minimum Gasteiger partial charge on any atom is -0.337 e. The van der Waals surface area contributed by atoms with Crippen molar-refractivity contribution in [3.8, 4) is 0 Å². The van der Waals surface area contributed by atoms with Gasteiger partial charge in [-0.25, -0.2) is 0 Å². The Balaban J connectivity index is 2.31. The van der Waals surface area contributed by atoms with Crippen LogP contribution < -0.4 is 5.73 Å². The summed E-state index contributed by atoms with van der Waals surface area (Å²) in [5.74, 6) is 1.18. The molecule has 0 aliphatic rings. The second-order valence-electron chi connectivity index (χ2n) is 4.33. The van der Waals surface area contributed by atoms with Gasteiger partial charge in [0.05, 0.1) is 0 Å². The SMILES string of the molecule is CCCc1noc(C(C)(N)c2ccccc2)n1. The number of nitrogens with zero attached hydrogens (tertiary/aromatic N) is 2. The van der Waals surface area contributed by atoms with E-state index >= 15 is 0 Å². The van der Waals surface area contributed by atoms with E-state index in [4.69, 9.17) is 10.3 Å². The number of aromatic nitrogens is 2. The van der Waals surface area contributed by atoms with E-state index in [-0.39, 0.29) is 0 Å². The molecule has 2 N–H and O–H groups in total. The van der Waals surface area contributed by atoms with Crippen LogP contribution in [-0.2, 0) is 12.0 Å². The molecular formula is C13H17N3O. The molecule has 4 heteroatoms. The normalized spacial score (nSPS) is 14.5. The molecule has 0 aliphatic heterocycles. The molecular weight excluding hydrogens is 214 g/mol. The van der Waals surface area contributed by atoms with E-state index in [1.165, 1.54) is 0 Å². The Kier molecular flexibility index (Phi) is 3.24. The Morgan fingerprint density at radius 1 is 1.29 bits per heavy atom. The van der Waals surface area contributed by atoms with Gasteiger partial charge in [-0.15, -0.1) is 0 Å². The van der Waals surface area contributed by atoms with Gasteiger partial charge in [0.1, 0.15) is 5.54 Å². The molecule has 0 fully saturated rings. The summed E-state index contributed by atoms with van der Waals surface area (Å²) < 4.78 is 5.25. The zero-order valence-electron chi connectivity index (χ0n) is 10.2. The van der Waals surface area contributed by atoms with Gasteiger partial charge in [0, 0.05) is 6.42 Å². The second-order valence-corrected chi connectivity index (χ2v) is 4.33. The third-order valence-corrected chi connectivity index (χ3v) is 2.76. The molecule has 0 saturated carbocycles.